The second-order valence-electron chi connectivity index (χ2n) is 4.13. The van der Waals surface area contributed by atoms with Crippen molar-refractivity contribution in [3.05, 3.63) is 39.5 Å². The molecule has 0 amide bonds. The van der Waals surface area contributed by atoms with E-state index in [0.717, 1.165) is 22.0 Å². The predicted molar refractivity (Wildman–Crippen MR) is 72.5 cm³/mol. The summed E-state index contributed by atoms with van der Waals surface area (Å²) in [6, 6.07) is 5.56. The van der Waals surface area contributed by atoms with Crippen LogP contribution in [0.1, 0.15) is 17.5 Å². The van der Waals surface area contributed by atoms with Gasteiger partial charge in [0.2, 0.25) is 0 Å². The maximum absolute atomic E-state index is 10.6. The monoisotopic (exact) mass is 283 g/mol. The van der Waals surface area contributed by atoms with E-state index in [1.165, 1.54) is 0 Å². The minimum Gasteiger partial charge on any atom is -0.481 e. The highest BCUT2D eigenvalue weighted by Gasteiger charge is 2.08. The first-order valence-corrected chi connectivity index (χ1v) is 6.20. The highest BCUT2D eigenvalue weighted by molar-refractivity contribution is 6.32. The van der Waals surface area contributed by atoms with Crippen molar-refractivity contribution in [2.45, 2.75) is 19.8 Å². The Balaban J connectivity index is 2.47. The number of carboxylic acids is 1. The van der Waals surface area contributed by atoms with Gasteiger partial charge in [0.05, 0.1) is 5.52 Å². The molecule has 2 rings (SSSR count). The molecule has 0 atom stereocenters. The summed E-state index contributed by atoms with van der Waals surface area (Å²) in [6.45, 7) is 1.91. The number of hydrogen-bond donors (Lipinski definition) is 1. The molecule has 3 nitrogen and oxygen atoms in total. The van der Waals surface area contributed by atoms with E-state index in [2.05, 4.69) is 4.98 Å². The Morgan fingerprint density at radius 3 is 2.72 bits per heavy atom. The number of hydrogen-bond acceptors (Lipinski definition) is 2. The van der Waals surface area contributed by atoms with Crippen LogP contribution in [0.4, 0.5) is 0 Å². The Bertz CT molecular complexity index is 626. The summed E-state index contributed by atoms with van der Waals surface area (Å²) in [5, 5.41) is 10.6. The van der Waals surface area contributed by atoms with Gasteiger partial charge in [-0.15, -0.1) is 0 Å². The zero-order chi connectivity index (χ0) is 13.3. The van der Waals surface area contributed by atoms with Gasteiger partial charge in [0.25, 0.3) is 0 Å². The van der Waals surface area contributed by atoms with Crippen molar-refractivity contribution in [2.24, 2.45) is 0 Å². The molecule has 2 aromatic rings. The third-order valence-electron chi connectivity index (χ3n) is 2.73. The molecular formula is C13H11Cl2NO2. The van der Waals surface area contributed by atoms with Gasteiger partial charge >= 0.3 is 5.97 Å². The smallest absolute Gasteiger partial charge is 0.303 e. The summed E-state index contributed by atoms with van der Waals surface area (Å²) in [5.41, 5.74) is 2.42. The lowest BCUT2D eigenvalue weighted by atomic mass is 10.1. The van der Waals surface area contributed by atoms with Gasteiger partial charge in [0.1, 0.15) is 5.15 Å². The number of aromatic nitrogens is 1. The lowest BCUT2D eigenvalue weighted by Gasteiger charge is -2.07. The third kappa shape index (κ3) is 2.74. The predicted octanol–water partition coefficient (Wildman–Crippen LogP) is 3.87. The lowest BCUT2D eigenvalue weighted by Crippen LogP contribution is -1.99. The van der Waals surface area contributed by atoms with Gasteiger partial charge in [-0.3, -0.25) is 4.79 Å². The standard InChI is InChI=1S/C13H11Cl2NO2/c1-7-4-9-5-8(2-3-12(17)18)13(15)16-11(9)6-10(7)14/h4-6H,2-3H2,1H3,(H,17,18). The van der Waals surface area contributed by atoms with Crippen molar-refractivity contribution < 1.29 is 9.90 Å². The first-order valence-electron chi connectivity index (χ1n) is 5.44. The molecule has 5 heteroatoms. The van der Waals surface area contributed by atoms with E-state index in [4.69, 9.17) is 28.3 Å². The number of halogens is 2. The summed E-state index contributed by atoms with van der Waals surface area (Å²) in [4.78, 5) is 14.8. The number of carboxylic acid groups (broad SMARTS) is 1. The fourth-order valence-electron chi connectivity index (χ4n) is 1.75. The molecule has 0 spiro atoms. The third-order valence-corrected chi connectivity index (χ3v) is 3.46. The molecule has 1 N–H and O–H groups in total. The molecule has 94 valence electrons. The molecule has 0 radical (unpaired) electrons. The molecule has 0 saturated carbocycles. The normalized spacial score (nSPS) is 10.8. The quantitative estimate of drug-likeness (QED) is 0.870. The van der Waals surface area contributed by atoms with Gasteiger partial charge in [0.15, 0.2) is 0 Å². The average molecular weight is 284 g/mol. The first-order chi connectivity index (χ1) is 8.47. The molecule has 0 bridgehead atoms. The minimum atomic E-state index is -0.849. The summed E-state index contributed by atoms with van der Waals surface area (Å²) in [6.07, 6.45) is 0.415. The van der Waals surface area contributed by atoms with Crippen molar-refractivity contribution >= 4 is 40.1 Å². The summed E-state index contributed by atoms with van der Waals surface area (Å²) in [7, 11) is 0. The van der Waals surface area contributed by atoms with Gasteiger partial charge in [-0.25, -0.2) is 4.98 Å². The number of nitrogens with zero attached hydrogens (tertiary/aromatic N) is 1. The van der Waals surface area contributed by atoms with E-state index in [-0.39, 0.29) is 6.42 Å². The molecule has 0 aliphatic heterocycles. The molecule has 1 heterocycles. The van der Waals surface area contributed by atoms with Crippen LogP contribution < -0.4 is 0 Å². The zero-order valence-corrected chi connectivity index (χ0v) is 11.2. The molecule has 0 aliphatic rings. The Labute approximate surface area is 114 Å². The molecular weight excluding hydrogens is 273 g/mol. The van der Waals surface area contributed by atoms with E-state index in [0.29, 0.717) is 16.6 Å². The van der Waals surface area contributed by atoms with E-state index < -0.39 is 5.97 Å². The van der Waals surface area contributed by atoms with Crippen LogP contribution in [0.25, 0.3) is 10.9 Å². The number of pyridine rings is 1. The van der Waals surface area contributed by atoms with Crippen LogP contribution in [0, 0.1) is 6.92 Å². The van der Waals surface area contributed by atoms with Crippen LogP contribution in [-0.2, 0) is 11.2 Å². The van der Waals surface area contributed by atoms with Crippen molar-refractivity contribution in [1.82, 2.24) is 4.98 Å². The van der Waals surface area contributed by atoms with Gasteiger partial charge in [-0.05, 0) is 42.7 Å². The molecule has 18 heavy (non-hydrogen) atoms. The van der Waals surface area contributed by atoms with E-state index in [9.17, 15) is 4.79 Å². The fourth-order valence-corrected chi connectivity index (χ4v) is 2.15. The topological polar surface area (TPSA) is 50.2 Å². The van der Waals surface area contributed by atoms with Gasteiger partial charge in [-0.2, -0.15) is 0 Å². The van der Waals surface area contributed by atoms with E-state index in [1.807, 2.05) is 19.1 Å². The van der Waals surface area contributed by atoms with Crippen molar-refractivity contribution in [3.63, 3.8) is 0 Å². The lowest BCUT2D eigenvalue weighted by molar-refractivity contribution is -0.136. The van der Waals surface area contributed by atoms with E-state index >= 15 is 0 Å². The molecule has 1 aromatic carbocycles. The summed E-state index contributed by atoms with van der Waals surface area (Å²) >= 11 is 12.1. The number of rotatable bonds is 3. The summed E-state index contributed by atoms with van der Waals surface area (Å²) in [5.74, 6) is -0.849. The van der Waals surface area contributed by atoms with Gasteiger partial charge in [-0.1, -0.05) is 23.2 Å². The molecule has 0 saturated heterocycles. The average Bonchev–Trinajstić information content (AvgIpc) is 2.29. The maximum Gasteiger partial charge on any atom is 0.303 e. The molecule has 0 fully saturated rings. The van der Waals surface area contributed by atoms with Gasteiger partial charge in [0, 0.05) is 16.8 Å². The molecule has 0 unspecified atom stereocenters. The molecule has 1 aromatic heterocycles. The Kier molecular flexibility index (Phi) is 3.73. The summed E-state index contributed by atoms with van der Waals surface area (Å²) < 4.78 is 0. The first kappa shape index (κ1) is 13.1. The number of aryl methyl sites for hydroxylation is 2. The SMILES string of the molecule is Cc1cc2cc(CCC(=O)O)c(Cl)nc2cc1Cl. The van der Waals surface area contributed by atoms with Crippen LogP contribution in [0.15, 0.2) is 18.2 Å². The fraction of sp³-hybridized carbons (Fsp3) is 0.231. The van der Waals surface area contributed by atoms with Crippen molar-refractivity contribution in [3.8, 4) is 0 Å². The Morgan fingerprint density at radius 2 is 2.06 bits per heavy atom. The zero-order valence-electron chi connectivity index (χ0n) is 9.70. The number of fused-ring (bicyclic) bond motifs is 1. The van der Waals surface area contributed by atoms with Crippen molar-refractivity contribution in [1.29, 1.82) is 0 Å². The molecule has 0 aliphatic carbocycles. The number of aliphatic carboxylic acids is 1. The Morgan fingerprint density at radius 1 is 1.33 bits per heavy atom. The highest BCUT2D eigenvalue weighted by Crippen LogP contribution is 2.26. The highest BCUT2D eigenvalue weighted by atomic mass is 35.5. The van der Waals surface area contributed by atoms with Crippen LogP contribution in [0.2, 0.25) is 10.2 Å². The largest absolute Gasteiger partial charge is 0.481 e. The van der Waals surface area contributed by atoms with Crippen LogP contribution in [0.5, 0.6) is 0 Å². The van der Waals surface area contributed by atoms with Crippen LogP contribution in [0.3, 0.4) is 0 Å². The second kappa shape index (κ2) is 5.12. The van der Waals surface area contributed by atoms with E-state index in [1.54, 1.807) is 6.07 Å². The number of carbonyl (C=O) groups is 1. The second-order valence-corrected chi connectivity index (χ2v) is 4.89. The van der Waals surface area contributed by atoms with Gasteiger partial charge < -0.3 is 5.11 Å². The van der Waals surface area contributed by atoms with Crippen LogP contribution >= 0.6 is 23.2 Å². The minimum absolute atomic E-state index is 0.0411. The van der Waals surface area contributed by atoms with Crippen LogP contribution in [-0.4, -0.2) is 16.1 Å². The number of benzene rings is 1. The Hall–Kier alpha value is -1.32. The van der Waals surface area contributed by atoms with Crippen molar-refractivity contribution in [2.75, 3.05) is 0 Å². The maximum atomic E-state index is 10.6.